The molecule has 0 unspecified atom stereocenters. The van der Waals surface area contributed by atoms with Gasteiger partial charge in [-0.3, -0.25) is 4.79 Å². The summed E-state index contributed by atoms with van der Waals surface area (Å²) in [4.78, 5) is 15.3. The van der Waals surface area contributed by atoms with E-state index in [2.05, 4.69) is 4.98 Å². The fourth-order valence-electron chi connectivity index (χ4n) is 2.21. The number of carbonyl (C=O) groups is 1. The number of hydrogen-bond acceptors (Lipinski definition) is 3. The summed E-state index contributed by atoms with van der Waals surface area (Å²) in [5.41, 5.74) is 9.21. The minimum atomic E-state index is 0.424. The van der Waals surface area contributed by atoms with Crippen molar-refractivity contribution >= 4 is 23.3 Å². The first-order chi connectivity index (χ1) is 9.29. The number of carbonyl (C=O) groups excluding carboxylic acids is 1. The molecule has 19 heavy (non-hydrogen) atoms. The Balaban J connectivity index is 2.14. The number of imidazole rings is 1. The van der Waals surface area contributed by atoms with Gasteiger partial charge in [0.05, 0.1) is 12.1 Å². The molecule has 0 spiro atoms. The molecule has 0 aliphatic heterocycles. The van der Waals surface area contributed by atoms with Gasteiger partial charge in [0.1, 0.15) is 5.52 Å². The van der Waals surface area contributed by atoms with Crippen molar-refractivity contribution in [2.75, 3.05) is 5.73 Å². The second-order valence-electron chi connectivity index (χ2n) is 4.37. The maximum absolute atomic E-state index is 11.0. The molecule has 2 N–H and O–H groups in total. The lowest BCUT2D eigenvalue weighted by atomic mass is 10.2. The summed E-state index contributed by atoms with van der Waals surface area (Å²) >= 11 is 0. The number of benzene rings is 2. The van der Waals surface area contributed by atoms with Gasteiger partial charge in [-0.1, -0.05) is 36.4 Å². The number of aldehydes is 1. The van der Waals surface area contributed by atoms with E-state index >= 15 is 0 Å². The molecule has 4 nitrogen and oxygen atoms in total. The standard InChI is InChI=1S/C15H13N3O/c16-15-17-14-12(10-19)7-4-8-13(14)18(15)9-11-5-2-1-3-6-11/h1-8,10H,9H2,(H2,16,17). The number of hydrogen-bond donors (Lipinski definition) is 1. The van der Waals surface area contributed by atoms with E-state index in [4.69, 9.17) is 5.73 Å². The Morgan fingerprint density at radius 3 is 2.63 bits per heavy atom. The van der Waals surface area contributed by atoms with Gasteiger partial charge in [-0.15, -0.1) is 0 Å². The SMILES string of the molecule is Nc1nc2c(C=O)cccc2n1Cc1ccccc1. The van der Waals surface area contributed by atoms with Gasteiger partial charge in [-0.25, -0.2) is 4.98 Å². The molecule has 0 amide bonds. The highest BCUT2D eigenvalue weighted by atomic mass is 16.1. The molecule has 0 aliphatic carbocycles. The average molecular weight is 251 g/mol. The van der Waals surface area contributed by atoms with Crippen LogP contribution in [-0.2, 0) is 6.54 Å². The van der Waals surface area contributed by atoms with E-state index in [-0.39, 0.29) is 0 Å². The third-order valence-corrected chi connectivity index (χ3v) is 3.15. The summed E-state index contributed by atoms with van der Waals surface area (Å²) in [5.74, 6) is 0.424. The number of para-hydroxylation sites is 1. The van der Waals surface area contributed by atoms with Crippen molar-refractivity contribution < 1.29 is 4.79 Å². The minimum Gasteiger partial charge on any atom is -0.369 e. The fourth-order valence-corrected chi connectivity index (χ4v) is 2.21. The first kappa shape index (κ1) is 11.5. The molecule has 0 atom stereocenters. The molecule has 94 valence electrons. The van der Waals surface area contributed by atoms with Gasteiger partial charge in [-0.2, -0.15) is 0 Å². The Morgan fingerprint density at radius 1 is 1.11 bits per heavy atom. The van der Waals surface area contributed by atoms with Gasteiger partial charge in [0.15, 0.2) is 6.29 Å². The normalized spacial score (nSPS) is 10.7. The lowest BCUT2D eigenvalue weighted by Gasteiger charge is -2.06. The van der Waals surface area contributed by atoms with Crippen molar-refractivity contribution in [1.29, 1.82) is 0 Å². The van der Waals surface area contributed by atoms with E-state index in [1.165, 1.54) is 0 Å². The molecular formula is C15H13N3O. The van der Waals surface area contributed by atoms with Crippen LogP contribution in [0.15, 0.2) is 48.5 Å². The number of nitrogen functional groups attached to an aromatic ring is 1. The van der Waals surface area contributed by atoms with Crippen LogP contribution in [0.5, 0.6) is 0 Å². The highest BCUT2D eigenvalue weighted by molar-refractivity contribution is 5.95. The Kier molecular flexibility index (Phi) is 2.76. The van der Waals surface area contributed by atoms with E-state index in [1.807, 2.05) is 47.0 Å². The Hall–Kier alpha value is -2.62. The zero-order valence-electron chi connectivity index (χ0n) is 10.3. The van der Waals surface area contributed by atoms with Crippen LogP contribution in [0, 0.1) is 0 Å². The molecular weight excluding hydrogens is 238 g/mol. The van der Waals surface area contributed by atoms with Gasteiger partial charge in [0, 0.05) is 5.56 Å². The maximum Gasteiger partial charge on any atom is 0.201 e. The first-order valence-corrected chi connectivity index (χ1v) is 6.03. The van der Waals surface area contributed by atoms with E-state index in [9.17, 15) is 4.79 Å². The van der Waals surface area contributed by atoms with E-state index in [1.54, 1.807) is 6.07 Å². The quantitative estimate of drug-likeness (QED) is 0.727. The van der Waals surface area contributed by atoms with Gasteiger partial charge in [-0.05, 0) is 17.7 Å². The van der Waals surface area contributed by atoms with Crippen molar-refractivity contribution in [3.63, 3.8) is 0 Å². The van der Waals surface area contributed by atoms with E-state index in [0.717, 1.165) is 17.4 Å². The number of anilines is 1. The first-order valence-electron chi connectivity index (χ1n) is 6.03. The third-order valence-electron chi connectivity index (χ3n) is 3.15. The average Bonchev–Trinajstić information content (AvgIpc) is 2.76. The molecule has 1 aromatic heterocycles. The van der Waals surface area contributed by atoms with Gasteiger partial charge >= 0.3 is 0 Å². The molecule has 0 saturated heterocycles. The summed E-state index contributed by atoms with van der Waals surface area (Å²) in [5, 5.41) is 0. The Labute approximate surface area is 110 Å². The Morgan fingerprint density at radius 2 is 1.89 bits per heavy atom. The summed E-state index contributed by atoms with van der Waals surface area (Å²) in [6, 6.07) is 15.5. The van der Waals surface area contributed by atoms with E-state index < -0.39 is 0 Å². The topological polar surface area (TPSA) is 60.9 Å². The van der Waals surface area contributed by atoms with Crippen LogP contribution in [0.4, 0.5) is 5.95 Å². The molecule has 0 bridgehead atoms. The van der Waals surface area contributed by atoms with Crippen molar-refractivity contribution in [2.24, 2.45) is 0 Å². The lowest BCUT2D eigenvalue weighted by molar-refractivity contribution is 0.112. The zero-order valence-corrected chi connectivity index (χ0v) is 10.3. The summed E-state index contributed by atoms with van der Waals surface area (Å²) in [6.45, 7) is 0.644. The molecule has 0 radical (unpaired) electrons. The second-order valence-corrected chi connectivity index (χ2v) is 4.37. The molecule has 1 heterocycles. The molecule has 0 aliphatic rings. The molecule has 3 rings (SSSR count). The number of nitrogens with zero attached hydrogens (tertiary/aromatic N) is 2. The van der Waals surface area contributed by atoms with Crippen LogP contribution in [0.25, 0.3) is 11.0 Å². The number of rotatable bonds is 3. The smallest absolute Gasteiger partial charge is 0.201 e. The molecule has 4 heteroatoms. The minimum absolute atomic E-state index is 0.424. The molecule has 2 aromatic carbocycles. The Bertz CT molecular complexity index is 732. The monoisotopic (exact) mass is 251 g/mol. The highest BCUT2D eigenvalue weighted by Crippen LogP contribution is 2.21. The van der Waals surface area contributed by atoms with Crippen molar-refractivity contribution in [2.45, 2.75) is 6.54 Å². The zero-order chi connectivity index (χ0) is 13.2. The van der Waals surface area contributed by atoms with Crippen molar-refractivity contribution in [3.05, 3.63) is 59.7 Å². The largest absolute Gasteiger partial charge is 0.369 e. The van der Waals surface area contributed by atoms with Gasteiger partial charge in [0.2, 0.25) is 5.95 Å². The predicted molar refractivity (Wildman–Crippen MR) is 75.1 cm³/mol. The number of fused-ring (bicyclic) bond motifs is 1. The van der Waals surface area contributed by atoms with E-state index in [0.29, 0.717) is 23.6 Å². The van der Waals surface area contributed by atoms with Crippen LogP contribution < -0.4 is 5.73 Å². The van der Waals surface area contributed by atoms with Gasteiger partial charge < -0.3 is 10.3 Å². The molecule has 3 aromatic rings. The van der Waals surface area contributed by atoms with Crippen LogP contribution in [0.3, 0.4) is 0 Å². The highest BCUT2D eigenvalue weighted by Gasteiger charge is 2.11. The van der Waals surface area contributed by atoms with Gasteiger partial charge in [0.25, 0.3) is 0 Å². The number of aromatic nitrogens is 2. The van der Waals surface area contributed by atoms with Crippen molar-refractivity contribution in [3.8, 4) is 0 Å². The fraction of sp³-hybridized carbons (Fsp3) is 0.0667. The predicted octanol–water partition coefficient (Wildman–Crippen LogP) is 2.48. The van der Waals surface area contributed by atoms with Crippen LogP contribution in [-0.4, -0.2) is 15.8 Å². The third kappa shape index (κ3) is 1.97. The van der Waals surface area contributed by atoms with Crippen LogP contribution in [0.1, 0.15) is 15.9 Å². The second kappa shape index (κ2) is 4.57. The summed E-state index contributed by atoms with van der Waals surface area (Å²) < 4.78 is 1.91. The van der Waals surface area contributed by atoms with Crippen LogP contribution in [0.2, 0.25) is 0 Å². The summed E-state index contributed by atoms with van der Waals surface area (Å²) in [7, 11) is 0. The van der Waals surface area contributed by atoms with Crippen molar-refractivity contribution in [1.82, 2.24) is 9.55 Å². The lowest BCUT2D eigenvalue weighted by Crippen LogP contribution is -2.04. The number of nitrogens with two attached hydrogens (primary N) is 1. The molecule has 0 saturated carbocycles. The summed E-state index contributed by atoms with van der Waals surface area (Å²) in [6.07, 6.45) is 0.807. The maximum atomic E-state index is 11.0. The molecule has 0 fully saturated rings. The van der Waals surface area contributed by atoms with Crippen LogP contribution >= 0.6 is 0 Å².